The van der Waals surface area contributed by atoms with Gasteiger partial charge in [-0.1, -0.05) is 6.92 Å². The van der Waals surface area contributed by atoms with Crippen LogP contribution in [0.15, 0.2) is 0 Å². The summed E-state index contributed by atoms with van der Waals surface area (Å²) in [6.45, 7) is 6.11. The topological polar surface area (TPSA) is 24.1 Å². The highest BCUT2D eigenvalue weighted by Gasteiger charge is 2.24. The molecule has 0 aromatic carbocycles. The van der Waals surface area contributed by atoms with E-state index in [4.69, 9.17) is 0 Å². The fourth-order valence-electron chi connectivity index (χ4n) is 2.73. The maximum absolute atomic E-state index is 3.65. The van der Waals surface area contributed by atoms with Crippen LogP contribution in [0, 0.1) is 11.8 Å². The number of nitrogens with one attached hydrogen (secondary N) is 2. The van der Waals surface area contributed by atoms with Crippen LogP contribution in [-0.4, -0.2) is 25.7 Å². The molecule has 1 saturated heterocycles. The molecule has 0 radical (unpaired) electrons. The zero-order chi connectivity index (χ0) is 9.80. The molecule has 2 rings (SSSR count). The van der Waals surface area contributed by atoms with Gasteiger partial charge in [-0.05, 0) is 63.6 Å². The zero-order valence-electron chi connectivity index (χ0n) is 9.39. The second kappa shape index (κ2) is 5.13. The van der Waals surface area contributed by atoms with Crippen molar-refractivity contribution in [2.75, 3.05) is 19.6 Å². The molecule has 1 saturated carbocycles. The molecule has 2 fully saturated rings. The average molecular weight is 196 g/mol. The number of rotatable bonds is 5. The summed E-state index contributed by atoms with van der Waals surface area (Å²) in [6.07, 6.45) is 7.01. The van der Waals surface area contributed by atoms with Crippen LogP contribution in [0.2, 0.25) is 0 Å². The summed E-state index contributed by atoms with van der Waals surface area (Å²) < 4.78 is 0. The third-order valence-corrected chi connectivity index (χ3v) is 3.76. The van der Waals surface area contributed by atoms with Crippen LogP contribution in [-0.2, 0) is 0 Å². The summed E-state index contributed by atoms with van der Waals surface area (Å²) in [5, 5.41) is 7.08. The van der Waals surface area contributed by atoms with Crippen LogP contribution in [0.5, 0.6) is 0 Å². The predicted molar refractivity (Wildman–Crippen MR) is 60.4 cm³/mol. The highest BCUT2D eigenvalue weighted by Crippen LogP contribution is 2.26. The van der Waals surface area contributed by atoms with E-state index in [1.54, 1.807) is 0 Å². The van der Waals surface area contributed by atoms with Gasteiger partial charge in [-0.25, -0.2) is 0 Å². The average Bonchev–Trinajstić information content (AvgIpc) is 2.61. The first kappa shape index (κ1) is 10.4. The standard InChI is InChI=1S/C12H24N2/c1-10-7-12(8-10)14-5-2-3-11-4-6-13-9-11/h10-14H,2-9H2,1H3. The fraction of sp³-hybridized carbons (Fsp3) is 1.00. The highest BCUT2D eigenvalue weighted by molar-refractivity contribution is 4.82. The molecule has 14 heavy (non-hydrogen) atoms. The predicted octanol–water partition coefficient (Wildman–Crippen LogP) is 1.76. The molecular weight excluding hydrogens is 172 g/mol. The van der Waals surface area contributed by atoms with Crippen molar-refractivity contribution in [2.45, 2.75) is 45.1 Å². The summed E-state index contributed by atoms with van der Waals surface area (Å²) in [5.74, 6) is 1.95. The molecule has 2 nitrogen and oxygen atoms in total. The van der Waals surface area contributed by atoms with E-state index in [0.29, 0.717) is 0 Å². The van der Waals surface area contributed by atoms with Gasteiger partial charge in [0, 0.05) is 6.04 Å². The van der Waals surface area contributed by atoms with Crippen LogP contribution in [0.1, 0.15) is 39.0 Å². The van der Waals surface area contributed by atoms with E-state index in [-0.39, 0.29) is 0 Å². The van der Waals surface area contributed by atoms with Gasteiger partial charge in [0.25, 0.3) is 0 Å². The highest BCUT2D eigenvalue weighted by atomic mass is 14.9. The zero-order valence-corrected chi connectivity index (χ0v) is 9.39. The minimum Gasteiger partial charge on any atom is -0.316 e. The largest absolute Gasteiger partial charge is 0.316 e. The lowest BCUT2D eigenvalue weighted by Gasteiger charge is -2.33. The first-order valence-electron chi connectivity index (χ1n) is 6.28. The molecular formula is C12H24N2. The van der Waals surface area contributed by atoms with Gasteiger partial charge in [0.05, 0.1) is 0 Å². The Kier molecular flexibility index (Phi) is 3.82. The summed E-state index contributed by atoms with van der Waals surface area (Å²) in [7, 11) is 0. The second-order valence-corrected chi connectivity index (χ2v) is 5.23. The molecule has 1 aliphatic heterocycles. The Bertz CT molecular complexity index is 158. The molecule has 0 aromatic rings. The summed E-state index contributed by atoms with van der Waals surface area (Å²) in [6, 6.07) is 0.853. The van der Waals surface area contributed by atoms with E-state index < -0.39 is 0 Å². The van der Waals surface area contributed by atoms with E-state index in [0.717, 1.165) is 17.9 Å². The van der Waals surface area contributed by atoms with Crippen molar-refractivity contribution in [3.8, 4) is 0 Å². The lowest BCUT2D eigenvalue weighted by Crippen LogP contribution is -2.40. The minimum absolute atomic E-state index is 0.853. The molecule has 0 bridgehead atoms. The Balaban J connectivity index is 1.43. The molecule has 2 heteroatoms. The van der Waals surface area contributed by atoms with Gasteiger partial charge in [-0.3, -0.25) is 0 Å². The lowest BCUT2D eigenvalue weighted by molar-refractivity contribution is 0.240. The molecule has 82 valence electrons. The van der Waals surface area contributed by atoms with Gasteiger partial charge in [-0.2, -0.15) is 0 Å². The molecule has 0 aromatic heterocycles. The maximum Gasteiger partial charge on any atom is 0.00721 e. The van der Waals surface area contributed by atoms with E-state index in [2.05, 4.69) is 17.6 Å². The maximum atomic E-state index is 3.65. The molecule has 1 unspecified atom stereocenters. The lowest BCUT2D eigenvalue weighted by atomic mass is 9.82. The molecule has 0 amide bonds. The first-order valence-corrected chi connectivity index (χ1v) is 6.28. The molecule has 2 N–H and O–H groups in total. The summed E-state index contributed by atoms with van der Waals surface area (Å²) in [5.41, 5.74) is 0. The second-order valence-electron chi connectivity index (χ2n) is 5.23. The van der Waals surface area contributed by atoms with Crippen molar-refractivity contribution in [1.82, 2.24) is 10.6 Å². The quantitative estimate of drug-likeness (QED) is 0.655. The van der Waals surface area contributed by atoms with Crippen molar-refractivity contribution >= 4 is 0 Å². The SMILES string of the molecule is CC1CC(NCCCC2CCNC2)C1. The van der Waals surface area contributed by atoms with Crippen LogP contribution in [0.3, 0.4) is 0 Å². The number of hydrogen-bond donors (Lipinski definition) is 2. The molecule has 1 aliphatic carbocycles. The minimum atomic E-state index is 0.853. The smallest absolute Gasteiger partial charge is 0.00721 e. The first-order chi connectivity index (χ1) is 6.84. The normalized spacial score (nSPS) is 37.1. The molecule has 1 atom stereocenters. The van der Waals surface area contributed by atoms with Crippen molar-refractivity contribution in [2.24, 2.45) is 11.8 Å². The number of hydrogen-bond acceptors (Lipinski definition) is 2. The Morgan fingerprint density at radius 2 is 2.21 bits per heavy atom. The Hall–Kier alpha value is -0.0800. The van der Waals surface area contributed by atoms with Gasteiger partial charge in [0.1, 0.15) is 0 Å². The Labute approximate surface area is 87.8 Å². The van der Waals surface area contributed by atoms with Crippen molar-refractivity contribution < 1.29 is 0 Å². The molecule has 1 heterocycles. The van der Waals surface area contributed by atoms with Gasteiger partial charge < -0.3 is 10.6 Å². The van der Waals surface area contributed by atoms with Crippen LogP contribution in [0.25, 0.3) is 0 Å². The summed E-state index contributed by atoms with van der Waals surface area (Å²) >= 11 is 0. The van der Waals surface area contributed by atoms with Crippen molar-refractivity contribution in [3.63, 3.8) is 0 Å². The Morgan fingerprint density at radius 3 is 2.86 bits per heavy atom. The van der Waals surface area contributed by atoms with E-state index >= 15 is 0 Å². The summed E-state index contributed by atoms with van der Waals surface area (Å²) in [4.78, 5) is 0. The van der Waals surface area contributed by atoms with Gasteiger partial charge in [0.2, 0.25) is 0 Å². The van der Waals surface area contributed by atoms with Crippen LogP contribution in [0.4, 0.5) is 0 Å². The third kappa shape index (κ3) is 2.96. The van der Waals surface area contributed by atoms with Gasteiger partial charge in [-0.15, -0.1) is 0 Å². The van der Waals surface area contributed by atoms with Gasteiger partial charge in [0.15, 0.2) is 0 Å². The van der Waals surface area contributed by atoms with Crippen LogP contribution < -0.4 is 10.6 Å². The molecule has 2 aliphatic rings. The Morgan fingerprint density at radius 1 is 1.36 bits per heavy atom. The van der Waals surface area contributed by atoms with Gasteiger partial charge >= 0.3 is 0 Å². The van der Waals surface area contributed by atoms with E-state index in [1.165, 1.54) is 51.7 Å². The fourth-order valence-corrected chi connectivity index (χ4v) is 2.73. The molecule has 0 spiro atoms. The van der Waals surface area contributed by atoms with E-state index in [9.17, 15) is 0 Å². The van der Waals surface area contributed by atoms with E-state index in [1.807, 2.05) is 0 Å². The third-order valence-electron chi connectivity index (χ3n) is 3.76. The van der Waals surface area contributed by atoms with Crippen molar-refractivity contribution in [3.05, 3.63) is 0 Å². The van der Waals surface area contributed by atoms with Crippen LogP contribution >= 0.6 is 0 Å². The monoisotopic (exact) mass is 196 g/mol. The van der Waals surface area contributed by atoms with Crippen molar-refractivity contribution in [1.29, 1.82) is 0 Å².